The topological polar surface area (TPSA) is 44.8 Å². The van der Waals surface area contributed by atoms with Gasteiger partial charge in [0.05, 0.1) is 31.3 Å². The molecule has 2 atom stereocenters. The number of ether oxygens (including phenoxy) is 3. The zero-order valence-electron chi connectivity index (χ0n) is 11.9. The maximum atomic E-state index is 11.3. The van der Waals surface area contributed by atoms with Crippen LogP contribution in [0.25, 0.3) is 0 Å². The largest absolute Gasteiger partial charge is 0.460 e. The van der Waals surface area contributed by atoms with Crippen molar-refractivity contribution in [3.8, 4) is 0 Å². The maximum Gasteiger partial charge on any atom is 0.308 e. The molecule has 0 aromatic carbocycles. The highest BCUT2D eigenvalue weighted by Gasteiger charge is 2.13. The number of carbonyl (C=O) groups excluding carboxylic acids is 1. The third-order valence-corrected chi connectivity index (χ3v) is 2.00. The van der Waals surface area contributed by atoms with Crippen molar-refractivity contribution in [3.63, 3.8) is 0 Å². The maximum absolute atomic E-state index is 11.3. The molecule has 0 aromatic rings. The van der Waals surface area contributed by atoms with Gasteiger partial charge in [0.2, 0.25) is 0 Å². The van der Waals surface area contributed by atoms with Crippen molar-refractivity contribution in [1.82, 2.24) is 0 Å². The summed E-state index contributed by atoms with van der Waals surface area (Å²) in [5, 5.41) is 0. The summed E-state index contributed by atoms with van der Waals surface area (Å²) >= 11 is 0. The van der Waals surface area contributed by atoms with Crippen LogP contribution in [0, 0.1) is 5.92 Å². The molecule has 0 amide bonds. The van der Waals surface area contributed by atoms with Crippen molar-refractivity contribution in [2.45, 2.75) is 59.9 Å². The molecule has 0 rings (SSSR count). The Balaban J connectivity index is 3.64. The molecule has 0 aromatic heterocycles. The third kappa shape index (κ3) is 9.12. The van der Waals surface area contributed by atoms with Crippen LogP contribution < -0.4 is 0 Å². The first-order chi connectivity index (χ1) is 7.82. The highest BCUT2D eigenvalue weighted by atomic mass is 16.6. The summed E-state index contributed by atoms with van der Waals surface area (Å²) in [4.78, 5) is 11.3. The van der Waals surface area contributed by atoms with Crippen LogP contribution >= 0.6 is 0 Å². The molecule has 0 radical (unpaired) electrons. The molecule has 17 heavy (non-hydrogen) atoms. The summed E-state index contributed by atoms with van der Waals surface area (Å²) < 4.78 is 16.1. The van der Waals surface area contributed by atoms with E-state index < -0.39 is 0 Å². The number of carbonyl (C=O) groups is 1. The Morgan fingerprint density at radius 1 is 0.941 bits per heavy atom. The molecule has 2 unspecified atom stereocenters. The van der Waals surface area contributed by atoms with E-state index in [1.807, 2.05) is 41.5 Å². The van der Waals surface area contributed by atoms with Crippen LogP contribution in [0.2, 0.25) is 0 Å². The fourth-order valence-electron chi connectivity index (χ4n) is 1.27. The predicted octanol–water partition coefficient (Wildman–Crippen LogP) is 2.40. The van der Waals surface area contributed by atoms with Crippen LogP contribution in [0.1, 0.15) is 41.5 Å². The van der Waals surface area contributed by atoms with Crippen molar-refractivity contribution < 1.29 is 19.0 Å². The SMILES string of the molecule is CC(C)OC(C)COCC(C)OC(=O)C(C)C. The molecular formula is C13H26O4. The predicted molar refractivity (Wildman–Crippen MR) is 66.9 cm³/mol. The van der Waals surface area contributed by atoms with E-state index in [-0.39, 0.29) is 30.2 Å². The lowest BCUT2D eigenvalue weighted by atomic mass is 10.2. The van der Waals surface area contributed by atoms with Gasteiger partial charge in [-0.2, -0.15) is 0 Å². The van der Waals surface area contributed by atoms with Gasteiger partial charge in [-0.15, -0.1) is 0 Å². The van der Waals surface area contributed by atoms with E-state index in [9.17, 15) is 4.79 Å². The fourth-order valence-corrected chi connectivity index (χ4v) is 1.27. The first-order valence-electron chi connectivity index (χ1n) is 6.26. The van der Waals surface area contributed by atoms with Gasteiger partial charge in [-0.1, -0.05) is 13.8 Å². The minimum absolute atomic E-state index is 0.0583. The molecule has 4 nitrogen and oxygen atoms in total. The second-order valence-electron chi connectivity index (χ2n) is 4.94. The summed E-state index contributed by atoms with van der Waals surface area (Å²) in [5.74, 6) is -0.284. The molecule has 0 aliphatic heterocycles. The smallest absolute Gasteiger partial charge is 0.308 e. The molecule has 4 heteroatoms. The first-order valence-corrected chi connectivity index (χ1v) is 6.26. The van der Waals surface area contributed by atoms with Crippen LogP contribution in [0.5, 0.6) is 0 Å². The van der Waals surface area contributed by atoms with Crippen LogP contribution in [0.4, 0.5) is 0 Å². The number of esters is 1. The highest BCUT2D eigenvalue weighted by Crippen LogP contribution is 2.02. The summed E-state index contributed by atoms with van der Waals surface area (Å²) in [7, 11) is 0. The zero-order valence-corrected chi connectivity index (χ0v) is 11.9. The Bertz CT molecular complexity index is 213. The Hall–Kier alpha value is -0.610. The van der Waals surface area contributed by atoms with Crippen molar-refractivity contribution in [2.24, 2.45) is 5.92 Å². The molecular weight excluding hydrogens is 220 g/mol. The lowest BCUT2D eigenvalue weighted by Gasteiger charge is -2.18. The third-order valence-electron chi connectivity index (χ3n) is 2.00. The van der Waals surface area contributed by atoms with Crippen molar-refractivity contribution in [3.05, 3.63) is 0 Å². The zero-order chi connectivity index (χ0) is 13.4. The second kappa shape index (κ2) is 8.48. The average molecular weight is 246 g/mol. The summed E-state index contributed by atoms with van der Waals surface area (Å²) in [6.07, 6.45) is 0.0453. The van der Waals surface area contributed by atoms with Gasteiger partial charge in [-0.25, -0.2) is 0 Å². The summed E-state index contributed by atoms with van der Waals surface area (Å²) in [6, 6.07) is 0. The lowest BCUT2D eigenvalue weighted by molar-refractivity contribution is -0.155. The van der Waals surface area contributed by atoms with Gasteiger partial charge in [0.25, 0.3) is 0 Å². The van der Waals surface area contributed by atoms with Crippen LogP contribution in [-0.2, 0) is 19.0 Å². The van der Waals surface area contributed by atoms with Crippen LogP contribution in [-0.4, -0.2) is 37.5 Å². The lowest BCUT2D eigenvalue weighted by Crippen LogP contribution is -2.26. The van der Waals surface area contributed by atoms with E-state index in [1.54, 1.807) is 0 Å². The average Bonchev–Trinajstić information content (AvgIpc) is 2.15. The van der Waals surface area contributed by atoms with E-state index in [1.165, 1.54) is 0 Å². The Labute approximate surface area is 105 Å². The van der Waals surface area contributed by atoms with Crippen molar-refractivity contribution in [1.29, 1.82) is 0 Å². The van der Waals surface area contributed by atoms with Gasteiger partial charge in [0, 0.05) is 0 Å². The molecule has 0 aliphatic carbocycles. The Kier molecular flexibility index (Phi) is 8.17. The van der Waals surface area contributed by atoms with Crippen molar-refractivity contribution >= 4 is 5.97 Å². The van der Waals surface area contributed by atoms with Gasteiger partial charge in [0.1, 0.15) is 6.10 Å². The van der Waals surface area contributed by atoms with Gasteiger partial charge in [0.15, 0.2) is 0 Å². The van der Waals surface area contributed by atoms with Crippen LogP contribution in [0.3, 0.4) is 0 Å². The van der Waals surface area contributed by atoms with E-state index in [0.29, 0.717) is 13.2 Å². The Morgan fingerprint density at radius 2 is 1.47 bits per heavy atom. The van der Waals surface area contributed by atoms with E-state index in [2.05, 4.69) is 0 Å². The second-order valence-corrected chi connectivity index (χ2v) is 4.94. The molecule has 0 bridgehead atoms. The van der Waals surface area contributed by atoms with Gasteiger partial charge in [-0.3, -0.25) is 4.79 Å². The normalized spacial score (nSPS) is 15.1. The van der Waals surface area contributed by atoms with Crippen molar-refractivity contribution in [2.75, 3.05) is 13.2 Å². The molecule has 0 aliphatic rings. The molecule has 0 heterocycles. The minimum atomic E-state index is -0.212. The monoisotopic (exact) mass is 246 g/mol. The van der Waals surface area contributed by atoms with Gasteiger partial charge >= 0.3 is 5.97 Å². The molecule has 0 N–H and O–H groups in total. The molecule has 0 fully saturated rings. The minimum Gasteiger partial charge on any atom is -0.460 e. The first kappa shape index (κ1) is 16.4. The molecule has 0 saturated heterocycles. The Morgan fingerprint density at radius 3 is 1.94 bits per heavy atom. The van der Waals surface area contributed by atoms with E-state index in [0.717, 1.165) is 0 Å². The standard InChI is InChI=1S/C13H26O4/c1-9(2)13(14)17-12(6)8-15-7-11(5)16-10(3)4/h9-12H,7-8H2,1-6H3. The molecule has 102 valence electrons. The summed E-state index contributed by atoms with van der Waals surface area (Å²) in [6.45, 7) is 12.3. The van der Waals surface area contributed by atoms with Gasteiger partial charge in [-0.05, 0) is 27.7 Å². The number of rotatable bonds is 8. The number of hydrogen-bond acceptors (Lipinski definition) is 4. The van der Waals surface area contributed by atoms with E-state index in [4.69, 9.17) is 14.2 Å². The van der Waals surface area contributed by atoms with Gasteiger partial charge < -0.3 is 14.2 Å². The van der Waals surface area contributed by atoms with Crippen LogP contribution in [0.15, 0.2) is 0 Å². The summed E-state index contributed by atoms with van der Waals surface area (Å²) in [5.41, 5.74) is 0. The molecule has 0 spiro atoms. The quantitative estimate of drug-likeness (QED) is 0.617. The molecule has 0 saturated carbocycles. The number of hydrogen-bond donors (Lipinski definition) is 0. The van der Waals surface area contributed by atoms with E-state index >= 15 is 0 Å². The fraction of sp³-hybridized carbons (Fsp3) is 0.923. The highest BCUT2D eigenvalue weighted by molar-refractivity contribution is 5.71.